The van der Waals surface area contributed by atoms with E-state index >= 15 is 0 Å². The van der Waals surface area contributed by atoms with E-state index in [1.165, 1.54) is 12.7 Å². The molecule has 5 atom stereocenters. The predicted octanol–water partition coefficient (Wildman–Crippen LogP) is 0.965. The van der Waals surface area contributed by atoms with Crippen LogP contribution in [0.25, 0.3) is 11.2 Å². The van der Waals surface area contributed by atoms with Crippen molar-refractivity contribution in [3.63, 3.8) is 0 Å². The number of hydrogen-bond acceptors (Lipinski definition) is 13. The van der Waals surface area contributed by atoms with Crippen molar-refractivity contribution in [2.24, 2.45) is 5.41 Å². The van der Waals surface area contributed by atoms with Crippen LogP contribution in [0.1, 0.15) is 40.8 Å². The van der Waals surface area contributed by atoms with Crippen LogP contribution in [0.3, 0.4) is 0 Å². The maximum atomic E-state index is 12.7. The third-order valence-electron chi connectivity index (χ3n) is 5.84. The molecule has 0 saturated carbocycles. The van der Waals surface area contributed by atoms with E-state index in [0.717, 1.165) is 0 Å². The molecule has 216 valence electrons. The van der Waals surface area contributed by atoms with Gasteiger partial charge in [-0.1, -0.05) is 44.0 Å². The van der Waals surface area contributed by atoms with Crippen molar-refractivity contribution >= 4 is 62.4 Å². The number of halogens is 2. The van der Waals surface area contributed by atoms with E-state index in [1.54, 1.807) is 43.9 Å². The number of carbonyl (C=O) groups is 2. The number of amides is 1. The monoisotopic (exact) mass is 610 g/mol. The van der Waals surface area contributed by atoms with E-state index in [9.17, 15) is 18.0 Å². The molecule has 2 fully saturated rings. The molecule has 3 N–H and O–H groups in total. The van der Waals surface area contributed by atoms with E-state index in [4.69, 9.17) is 52.1 Å². The van der Waals surface area contributed by atoms with Crippen LogP contribution < -0.4 is 10.5 Å². The average molecular weight is 611 g/mol. The number of fused-ring (bicyclic) bond motifs is 2. The van der Waals surface area contributed by atoms with Gasteiger partial charge in [0.15, 0.2) is 29.6 Å². The maximum absolute atomic E-state index is 12.7. The Labute approximate surface area is 233 Å². The molecule has 2 aliphatic rings. The van der Waals surface area contributed by atoms with Crippen LogP contribution in [0.4, 0.5) is 5.82 Å². The first-order valence-electron chi connectivity index (χ1n) is 11.6. The molecule has 0 radical (unpaired) electrons. The summed E-state index contributed by atoms with van der Waals surface area (Å²) < 4.78 is 56.8. The standard InChI is InChI=1S/C21H28Cl2N6O9S/c1-20(2,3)13(36-19(31)14(22)23)17(30)28-39(32,33)34-6-9-11-12(38-21(4,5)37-11)18(35-9)29-8-27-10-15(24)25-7-26-16(10)29/h7-9,11-14,18H,6H2,1-5H3,(H,28,30)(H2,24,25,26)/t9-,11-,12-,13?,18-/m1/s1. The molecular weight excluding hydrogens is 583 g/mol. The summed E-state index contributed by atoms with van der Waals surface area (Å²) in [5, 5.41) is 0. The number of esters is 1. The van der Waals surface area contributed by atoms with E-state index in [1.807, 2.05) is 0 Å². The molecule has 0 aromatic carbocycles. The van der Waals surface area contributed by atoms with Gasteiger partial charge in [0.25, 0.3) is 5.91 Å². The van der Waals surface area contributed by atoms with Crippen molar-refractivity contribution in [1.82, 2.24) is 24.2 Å². The van der Waals surface area contributed by atoms with Gasteiger partial charge in [0.1, 0.15) is 30.2 Å². The minimum absolute atomic E-state index is 0.172. The highest BCUT2D eigenvalue weighted by molar-refractivity contribution is 7.85. The van der Waals surface area contributed by atoms with Crippen molar-refractivity contribution in [2.75, 3.05) is 12.3 Å². The van der Waals surface area contributed by atoms with Crippen LogP contribution in [0, 0.1) is 5.41 Å². The van der Waals surface area contributed by atoms with Gasteiger partial charge in [0.2, 0.25) is 4.84 Å². The third-order valence-corrected chi connectivity index (χ3v) is 7.09. The Bertz CT molecular complexity index is 1360. The fourth-order valence-electron chi connectivity index (χ4n) is 4.23. The van der Waals surface area contributed by atoms with Gasteiger partial charge in [-0.3, -0.25) is 13.5 Å². The first-order chi connectivity index (χ1) is 18.0. The highest BCUT2D eigenvalue weighted by Gasteiger charge is 2.56. The number of carbonyl (C=O) groups excluding carboxylic acids is 2. The minimum Gasteiger partial charge on any atom is -0.450 e. The molecule has 2 saturated heterocycles. The van der Waals surface area contributed by atoms with Crippen molar-refractivity contribution < 1.29 is 41.1 Å². The average Bonchev–Trinajstić information content (AvgIpc) is 3.46. The summed E-state index contributed by atoms with van der Waals surface area (Å²) in [6.07, 6.45) is -2.04. The number of nitrogens with one attached hydrogen (secondary N) is 1. The Balaban J connectivity index is 1.49. The Kier molecular flexibility index (Phi) is 8.03. The summed E-state index contributed by atoms with van der Waals surface area (Å²) in [6.45, 7) is 7.51. The van der Waals surface area contributed by atoms with Crippen LogP contribution in [0.5, 0.6) is 0 Å². The van der Waals surface area contributed by atoms with Gasteiger partial charge in [-0.25, -0.2) is 24.5 Å². The van der Waals surface area contributed by atoms with Gasteiger partial charge < -0.3 is 24.7 Å². The topological polar surface area (TPSA) is 196 Å². The molecule has 2 aliphatic heterocycles. The Morgan fingerprint density at radius 3 is 2.51 bits per heavy atom. The highest BCUT2D eigenvalue weighted by Crippen LogP contribution is 2.44. The molecule has 1 unspecified atom stereocenters. The molecule has 2 aromatic heterocycles. The van der Waals surface area contributed by atoms with Gasteiger partial charge >= 0.3 is 16.3 Å². The second kappa shape index (κ2) is 10.6. The fourth-order valence-corrected chi connectivity index (χ4v) is 5.06. The molecule has 39 heavy (non-hydrogen) atoms. The highest BCUT2D eigenvalue weighted by atomic mass is 35.5. The number of aromatic nitrogens is 4. The number of alkyl halides is 2. The van der Waals surface area contributed by atoms with Crippen molar-refractivity contribution in [3.8, 4) is 0 Å². The van der Waals surface area contributed by atoms with Gasteiger partial charge in [-0.05, 0) is 13.8 Å². The number of anilines is 1. The molecule has 15 nitrogen and oxygen atoms in total. The summed E-state index contributed by atoms with van der Waals surface area (Å²) >= 11 is 11.0. The van der Waals surface area contributed by atoms with Gasteiger partial charge in [0, 0.05) is 5.41 Å². The van der Waals surface area contributed by atoms with Crippen LogP contribution in [-0.4, -0.2) is 81.5 Å². The summed E-state index contributed by atoms with van der Waals surface area (Å²) in [6, 6.07) is 0. The number of ether oxygens (including phenoxy) is 4. The first kappa shape index (κ1) is 29.6. The SMILES string of the molecule is CC1(C)O[C@@H]2[C@H](O1)[C@@H](COS(=O)(=O)NC(=O)C(OC(=O)C(Cl)Cl)C(C)(C)C)O[C@H]2n1cnc2c(N)ncnc21. The predicted molar refractivity (Wildman–Crippen MR) is 135 cm³/mol. The van der Waals surface area contributed by atoms with E-state index in [-0.39, 0.29) is 5.82 Å². The molecule has 1 amide bonds. The van der Waals surface area contributed by atoms with Gasteiger partial charge in [-0.15, -0.1) is 0 Å². The lowest BCUT2D eigenvalue weighted by atomic mass is 9.88. The first-order valence-corrected chi connectivity index (χ1v) is 13.9. The zero-order valence-corrected chi connectivity index (χ0v) is 23.9. The Morgan fingerprint density at radius 1 is 1.21 bits per heavy atom. The van der Waals surface area contributed by atoms with E-state index in [0.29, 0.717) is 11.2 Å². The molecule has 0 spiro atoms. The normalized spacial score (nSPS) is 25.5. The lowest BCUT2D eigenvalue weighted by Gasteiger charge is -2.29. The lowest BCUT2D eigenvalue weighted by Crippen LogP contribution is -2.48. The third kappa shape index (κ3) is 6.37. The number of nitrogens with zero attached hydrogens (tertiary/aromatic N) is 4. The summed E-state index contributed by atoms with van der Waals surface area (Å²) in [7, 11) is -4.69. The lowest BCUT2D eigenvalue weighted by molar-refractivity contribution is -0.198. The smallest absolute Gasteiger partial charge is 0.362 e. The summed E-state index contributed by atoms with van der Waals surface area (Å²) in [5.74, 6) is -3.11. The molecule has 4 heterocycles. The molecule has 0 bridgehead atoms. The summed E-state index contributed by atoms with van der Waals surface area (Å²) in [4.78, 5) is 35.4. The zero-order valence-electron chi connectivity index (χ0n) is 21.5. The molecule has 18 heteroatoms. The second-order valence-corrected chi connectivity index (χ2v) is 12.8. The second-order valence-electron chi connectivity index (χ2n) is 10.4. The summed E-state index contributed by atoms with van der Waals surface area (Å²) in [5.41, 5.74) is 5.60. The minimum atomic E-state index is -4.69. The van der Waals surface area contributed by atoms with Gasteiger partial charge in [-0.2, -0.15) is 8.42 Å². The quantitative estimate of drug-likeness (QED) is 0.317. The number of hydrogen-bond donors (Lipinski definition) is 2. The largest absolute Gasteiger partial charge is 0.450 e. The Hall–Kier alpha value is -2.34. The maximum Gasteiger partial charge on any atom is 0.362 e. The van der Waals surface area contributed by atoms with E-state index < -0.39 is 75.5 Å². The Morgan fingerprint density at radius 2 is 1.87 bits per heavy atom. The van der Waals surface area contributed by atoms with Crippen LogP contribution >= 0.6 is 23.2 Å². The van der Waals surface area contributed by atoms with Crippen molar-refractivity contribution in [1.29, 1.82) is 0 Å². The van der Waals surface area contributed by atoms with Crippen LogP contribution in [-0.2, 0) is 43.0 Å². The molecular formula is C21H28Cl2N6O9S. The number of rotatable bonds is 8. The van der Waals surface area contributed by atoms with Crippen LogP contribution in [0.2, 0.25) is 0 Å². The molecule has 2 aromatic rings. The number of nitrogen functional groups attached to an aromatic ring is 1. The fraction of sp³-hybridized carbons (Fsp3) is 0.667. The molecule has 0 aliphatic carbocycles. The number of nitrogens with two attached hydrogens (primary N) is 1. The van der Waals surface area contributed by atoms with Crippen molar-refractivity contribution in [3.05, 3.63) is 12.7 Å². The number of imidazole rings is 1. The van der Waals surface area contributed by atoms with Gasteiger partial charge in [0.05, 0.1) is 12.9 Å². The zero-order chi connectivity index (χ0) is 28.9. The molecule has 4 rings (SSSR count). The van der Waals surface area contributed by atoms with E-state index in [2.05, 4.69) is 15.0 Å². The van der Waals surface area contributed by atoms with Crippen molar-refractivity contribution in [2.45, 2.75) is 75.9 Å². The van der Waals surface area contributed by atoms with Crippen LogP contribution in [0.15, 0.2) is 12.7 Å².